The SMILES string of the molecule is Cc1[nH]cnc1CN1CCCc2c(c3ccccc3n2C)C1=O.O=C(O)C=CC(=O)O. The summed E-state index contributed by atoms with van der Waals surface area (Å²) in [5.41, 5.74) is 5.12. The molecule has 9 nitrogen and oxygen atoms in total. The highest BCUT2D eigenvalue weighted by Crippen LogP contribution is 2.30. The van der Waals surface area contributed by atoms with Gasteiger partial charge in [0.1, 0.15) is 0 Å². The van der Waals surface area contributed by atoms with E-state index in [2.05, 4.69) is 33.7 Å². The van der Waals surface area contributed by atoms with Crippen molar-refractivity contribution in [1.29, 1.82) is 0 Å². The zero-order chi connectivity index (χ0) is 22.5. The van der Waals surface area contributed by atoms with Crippen LogP contribution in [-0.2, 0) is 29.6 Å². The van der Waals surface area contributed by atoms with Crippen molar-refractivity contribution in [3.05, 3.63) is 65.4 Å². The largest absolute Gasteiger partial charge is 0.478 e. The maximum absolute atomic E-state index is 13.2. The van der Waals surface area contributed by atoms with Gasteiger partial charge in [-0.15, -0.1) is 0 Å². The molecule has 0 spiro atoms. The second kappa shape index (κ2) is 9.29. The number of benzene rings is 1. The summed E-state index contributed by atoms with van der Waals surface area (Å²) in [5, 5.41) is 16.7. The second-order valence-corrected chi connectivity index (χ2v) is 7.21. The third kappa shape index (κ3) is 4.82. The van der Waals surface area contributed by atoms with E-state index in [-0.39, 0.29) is 5.91 Å². The predicted octanol–water partition coefficient (Wildman–Crippen LogP) is 2.51. The number of carbonyl (C=O) groups is 3. The number of carboxylic acids is 2. The zero-order valence-electron chi connectivity index (χ0n) is 17.3. The number of rotatable bonds is 4. The molecule has 0 atom stereocenters. The summed E-state index contributed by atoms with van der Waals surface area (Å²) in [6.07, 6.45) is 4.72. The monoisotopic (exact) mass is 424 g/mol. The Hall–Kier alpha value is -3.88. The number of carboxylic acid groups (broad SMARTS) is 2. The molecule has 162 valence electrons. The fraction of sp³-hybridized carbons (Fsp3) is 0.273. The molecule has 2 aromatic heterocycles. The number of amides is 1. The van der Waals surface area contributed by atoms with E-state index in [4.69, 9.17) is 10.2 Å². The highest BCUT2D eigenvalue weighted by Gasteiger charge is 2.28. The number of fused-ring (bicyclic) bond motifs is 3. The van der Waals surface area contributed by atoms with E-state index < -0.39 is 11.9 Å². The average molecular weight is 424 g/mol. The van der Waals surface area contributed by atoms with E-state index in [1.54, 1.807) is 6.33 Å². The molecule has 0 unspecified atom stereocenters. The minimum absolute atomic E-state index is 0.122. The Bertz CT molecular complexity index is 1140. The van der Waals surface area contributed by atoms with E-state index in [1.165, 1.54) is 0 Å². The van der Waals surface area contributed by atoms with E-state index >= 15 is 0 Å². The summed E-state index contributed by atoms with van der Waals surface area (Å²) >= 11 is 0. The number of aromatic nitrogens is 3. The molecule has 0 radical (unpaired) electrons. The fourth-order valence-electron chi connectivity index (χ4n) is 3.70. The number of imidazole rings is 1. The number of aryl methyl sites for hydroxylation is 2. The van der Waals surface area contributed by atoms with Crippen molar-refractivity contribution in [2.75, 3.05) is 6.54 Å². The molecular weight excluding hydrogens is 400 g/mol. The molecule has 3 N–H and O–H groups in total. The lowest BCUT2D eigenvalue weighted by atomic mass is 10.1. The van der Waals surface area contributed by atoms with Crippen LogP contribution in [0.25, 0.3) is 10.9 Å². The lowest BCUT2D eigenvalue weighted by Crippen LogP contribution is -2.30. The van der Waals surface area contributed by atoms with Crippen molar-refractivity contribution in [2.24, 2.45) is 7.05 Å². The quantitative estimate of drug-likeness (QED) is 0.552. The molecule has 0 bridgehead atoms. The topological polar surface area (TPSA) is 129 Å². The van der Waals surface area contributed by atoms with Crippen LogP contribution in [0.2, 0.25) is 0 Å². The number of hydrogen-bond acceptors (Lipinski definition) is 4. The lowest BCUT2D eigenvalue weighted by Gasteiger charge is -2.20. The van der Waals surface area contributed by atoms with Crippen molar-refractivity contribution < 1.29 is 24.6 Å². The molecule has 0 saturated heterocycles. The van der Waals surface area contributed by atoms with Crippen molar-refractivity contribution in [2.45, 2.75) is 26.3 Å². The molecule has 0 aliphatic carbocycles. The van der Waals surface area contributed by atoms with Gasteiger partial charge >= 0.3 is 11.9 Å². The van der Waals surface area contributed by atoms with E-state index in [0.717, 1.165) is 52.9 Å². The van der Waals surface area contributed by atoms with Gasteiger partial charge in [0, 0.05) is 48.0 Å². The van der Waals surface area contributed by atoms with Crippen LogP contribution < -0.4 is 0 Å². The Labute approximate surface area is 178 Å². The van der Waals surface area contributed by atoms with Gasteiger partial charge in [0.15, 0.2) is 0 Å². The van der Waals surface area contributed by atoms with Crippen molar-refractivity contribution in [3.63, 3.8) is 0 Å². The maximum atomic E-state index is 13.2. The van der Waals surface area contributed by atoms with Crippen LogP contribution in [0.5, 0.6) is 0 Å². The van der Waals surface area contributed by atoms with Gasteiger partial charge in [-0.3, -0.25) is 4.79 Å². The number of nitrogens with zero attached hydrogens (tertiary/aromatic N) is 3. The molecule has 1 aromatic carbocycles. The van der Waals surface area contributed by atoms with E-state index in [0.29, 0.717) is 18.7 Å². The van der Waals surface area contributed by atoms with Crippen LogP contribution in [-0.4, -0.2) is 54.0 Å². The van der Waals surface area contributed by atoms with Gasteiger partial charge < -0.3 is 24.7 Å². The summed E-state index contributed by atoms with van der Waals surface area (Å²) in [6.45, 7) is 3.33. The first-order valence-corrected chi connectivity index (χ1v) is 9.78. The standard InChI is InChI=1S/C18H20N4O.C4H4O4/c1-12-14(20-11-19-12)10-22-9-5-8-16-17(18(22)23)13-6-3-4-7-15(13)21(16)2;5-3(6)1-2-4(7)8/h3-4,6-7,11H,5,8-10H2,1-2H3,(H,19,20);1-2H,(H,5,6)(H,7,8). The highest BCUT2D eigenvalue weighted by molar-refractivity contribution is 6.08. The molecule has 0 fully saturated rings. The third-order valence-electron chi connectivity index (χ3n) is 5.21. The number of hydrogen-bond donors (Lipinski definition) is 3. The number of para-hydroxylation sites is 1. The van der Waals surface area contributed by atoms with Gasteiger partial charge in [0.2, 0.25) is 0 Å². The first-order chi connectivity index (χ1) is 14.8. The molecule has 9 heteroatoms. The second-order valence-electron chi connectivity index (χ2n) is 7.21. The Morgan fingerprint density at radius 1 is 1.19 bits per heavy atom. The van der Waals surface area contributed by atoms with Gasteiger partial charge in [0.25, 0.3) is 5.91 Å². The normalized spacial score (nSPS) is 13.6. The van der Waals surface area contributed by atoms with Crippen molar-refractivity contribution in [3.8, 4) is 0 Å². The minimum Gasteiger partial charge on any atom is -0.478 e. The first kappa shape index (κ1) is 21.8. The number of aromatic amines is 1. The van der Waals surface area contributed by atoms with Gasteiger partial charge in [-0.1, -0.05) is 18.2 Å². The zero-order valence-corrected chi connectivity index (χ0v) is 17.3. The van der Waals surface area contributed by atoms with Crippen LogP contribution in [0.3, 0.4) is 0 Å². The van der Waals surface area contributed by atoms with Crippen LogP contribution in [0.1, 0.15) is 33.9 Å². The van der Waals surface area contributed by atoms with E-state index in [9.17, 15) is 14.4 Å². The highest BCUT2D eigenvalue weighted by atomic mass is 16.4. The minimum atomic E-state index is -1.26. The summed E-state index contributed by atoms with van der Waals surface area (Å²) in [7, 11) is 2.06. The summed E-state index contributed by atoms with van der Waals surface area (Å²) < 4.78 is 2.17. The number of carbonyl (C=O) groups excluding carboxylic acids is 1. The maximum Gasteiger partial charge on any atom is 0.328 e. The number of nitrogens with one attached hydrogen (secondary N) is 1. The molecule has 1 aliphatic heterocycles. The lowest BCUT2D eigenvalue weighted by molar-refractivity contribution is -0.134. The molecule has 31 heavy (non-hydrogen) atoms. The Morgan fingerprint density at radius 2 is 1.87 bits per heavy atom. The summed E-state index contributed by atoms with van der Waals surface area (Å²) in [4.78, 5) is 41.6. The van der Waals surface area contributed by atoms with Gasteiger partial charge in [0.05, 0.1) is 24.1 Å². The van der Waals surface area contributed by atoms with Gasteiger partial charge in [-0.2, -0.15) is 0 Å². The third-order valence-corrected chi connectivity index (χ3v) is 5.21. The smallest absolute Gasteiger partial charge is 0.328 e. The molecule has 1 aliphatic rings. The Kier molecular flexibility index (Phi) is 6.54. The van der Waals surface area contributed by atoms with Crippen LogP contribution >= 0.6 is 0 Å². The van der Waals surface area contributed by atoms with Crippen molar-refractivity contribution >= 4 is 28.7 Å². The van der Waals surface area contributed by atoms with Crippen LogP contribution in [0.4, 0.5) is 0 Å². The first-order valence-electron chi connectivity index (χ1n) is 9.78. The molecule has 3 heterocycles. The molecule has 0 saturated carbocycles. The van der Waals surface area contributed by atoms with Crippen molar-refractivity contribution in [1.82, 2.24) is 19.4 Å². The Morgan fingerprint density at radius 3 is 2.48 bits per heavy atom. The van der Waals surface area contributed by atoms with Gasteiger partial charge in [-0.25, -0.2) is 14.6 Å². The van der Waals surface area contributed by atoms with Gasteiger partial charge in [-0.05, 0) is 25.8 Å². The summed E-state index contributed by atoms with van der Waals surface area (Å²) in [6, 6.07) is 8.16. The van der Waals surface area contributed by atoms with E-state index in [1.807, 2.05) is 24.0 Å². The van der Waals surface area contributed by atoms with Crippen LogP contribution in [0, 0.1) is 6.92 Å². The molecule has 1 amide bonds. The molecule has 4 rings (SSSR count). The summed E-state index contributed by atoms with van der Waals surface area (Å²) in [5.74, 6) is -2.39. The fourth-order valence-corrected chi connectivity index (χ4v) is 3.70. The number of aliphatic carboxylic acids is 2. The molecule has 3 aromatic rings. The Balaban J connectivity index is 0.000000293. The molecular formula is C22H24N4O5. The number of H-pyrrole nitrogens is 1. The average Bonchev–Trinajstić information content (AvgIpc) is 3.21. The van der Waals surface area contributed by atoms with Crippen LogP contribution in [0.15, 0.2) is 42.7 Å². The predicted molar refractivity (Wildman–Crippen MR) is 114 cm³/mol.